The van der Waals surface area contributed by atoms with Gasteiger partial charge in [-0.1, -0.05) is 18.2 Å². The van der Waals surface area contributed by atoms with Crippen molar-refractivity contribution in [2.24, 2.45) is 0 Å². The molecule has 0 aromatic heterocycles. The Bertz CT molecular complexity index is 711. The van der Waals surface area contributed by atoms with E-state index in [1.807, 2.05) is 28.0 Å². The van der Waals surface area contributed by atoms with E-state index in [0.29, 0.717) is 39.4 Å². The molecule has 1 unspecified atom stereocenters. The third-order valence-electron chi connectivity index (χ3n) is 6.02. The van der Waals surface area contributed by atoms with Gasteiger partial charge in [0.05, 0.1) is 26.3 Å². The molecule has 1 atom stereocenters. The fraction of sp³-hybridized carbons (Fsp3) is 0.619. The molecule has 2 saturated heterocycles. The third kappa shape index (κ3) is 4.21. The van der Waals surface area contributed by atoms with Crippen molar-refractivity contribution in [2.75, 3.05) is 70.5 Å². The van der Waals surface area contributed by atoms with Gasteiger partial charge in [0.1, 0.15) is 0 Å². The Morgan fingerprint density at radius 3 is 2.21 bits per heavy atom. The highest BCUT2D eigenvalue weighted by Gasteiger charge is 2.32. The van der Waals surface area contributed by atoms with Crippen LogP contribution in [0.5, 0.6) is 0 Å². The number of hydrogen-bond donors (Lipinski definition) is 0. The lowest BCUT2D eigenvalue weighted by atomic mass is 10.1. The van der Waals surface area contributed by atoms with Crippen molar-refractivity contribution in [2.45, 2.75) is 19.4 Å². The van der Waals surface area contributed by atoms with E-state index in [1.54, 1.807) is 0 Å². The largest absolute Gasteiger partial charge is 0.378 e. The lowest BCUT2D eigenvalue weighted by Gasteiger charge is -2.36. The molecule has 0 radical (unpaired) electrons. The average Bonchev–Trinajstić information content (AvgIpc) is 3.06. The van der Waals surface area contributed by atoms with Crippen LogP contribution >= 0.6 is 0 Å². The first-order valence-electron chi connectivity index (χ1n) is 10.3. The minimum absolute atomic E-state index is 0.176. The summed E-state index contributed by atoms with van der Waals surface area (Å²) in [6.07, 6.45) is 0.930. The van der Waals surface area contributed by atoms with Crippen LogP contribution in [0.3, 0.4) is 0 Å². The second kappa shape index (κ2) is 8.59. The number of rotatable bonds is 4. The Morgan fingerprint density at radius 2 is 1.54 bits per heavy atom. The van der Waals surface area contributed by atoms with Gasteiger partial charge < -0.3 is 14.5 Å². The summed E-state index contributed by atoms with van der Waals surface area (Å²) in [5.41, 5.74) is 2.32. The van der Waals surface area contributed by atoms with Gasteiger partial charge >= 0.3 is 0 Å². The number of amides is 2. The molecule has 7 heteroatoms. The summed E-state index contributed by atoms with van der Waals surface area (Å²) in [6, 6.07) is 8.42. The number of nitrogens with zero attached hydrogens (tertiary/aromatic N) is 4. The van der Waals surface area contributed by atoms with Gasteiger partial charge in [0.25, 0.3) is 0 Å². The topological polar surface area (TPSA) is 56.3 Å². The quantitative estimate of drug-likeness (QED) is 0.752. The van der Waals surface area contributed by atoms with E-state index >= 15 is 0 Å². The molecule has 3 aliphatic rings. The van der Waals surface area contributed by atoms with Crippen LogP contribution in [0.1, 0.15) is 12.5 Å². The molecule has 3 heterocycles. The molecule has 1 aromatic carbocycles. The van der Waals surface area contributed by atoms with Gasteiger partial charge in [-0.05, 0) is 25.0 Å². The number of fused-ring (bicyclic) bond motifs is 1. The molecular weight excluding hydrogens is 356 g/mol. The minimum atomic E-state index is 0.176. The smallest absolute Gasteiger partial charge is 0.241 e. The Hall–Kier alpha value is -1.96. The standard InChI is InChI=1S/C21H30N4O3/c1-17-14-18-4-2-3-5-19(18)25(17)21(27)16-23-8-6-22(7-9-23)15-20(26)24-10-12-28-13-11-24/h2-5,17H,6-16H2,1H3. The number of carbonyl (C=O) groups excluding carboxylic acids is 2. The first kappa shape index (κ1) is 19.4. The van der Waals surface area contributed by atoms with Gasteiger partial charge in [-0.3, -0.25) is 19.4 Å². The molecule has 0 saturated carbocycles. The fourth-order valence-corrected chi connectivity index (χ4v) is 4.42. The van der Waals surface area contributed by atoms with E-state index in [2.05, 4.69) is 22.8 Å². The van der Waals surface area contributed by atoms with E-state index in [0.717, 1.165) is 38.3 Å². The van der Waals surface area contributed by atoms with E-state index < -0.39 is 0 Å². The van der Waals surface area contributed by atoms with Crippen LogP contribution in [0.25, 0.3) is 0 Å². The Kier molecular flexibility index (Phi) is 5.94. The van der Waals surface area contributed by atoms with Crippen LogP contribution in [0.2, 0.25) is 0 Å². The molecule has 152 valence electrons. The van der Waals surface area contributed by atoms with Crippen molar-refractivity contribution in [3.63, 3.8) is 0 Å². The van der Waals surface area contributed by atoms with E-state index in [4.69, 9.17) is 4.74 Å². The highest BCUT2D eigenvalue weighted by Crippen LogP contribution is 2.31. The van der Waals surface area contributed by atoms with Crippen LogP contribution in [-0.4, -0.2) is 98.1 Å². The van der Waals surface area contributed by atoms with E-state index in [9.17, 15) is 9.59 Å². The van der Waals surface area contributed by atoms with Gasteiger partial charge in [-0.15, -0.1) is 0 Å². The molecule has 7 nitrogen and oxygen atoms in total. The summed E-state index contributed by atoms with van der Waals surface area (Å²) in [4.78, 5) is 33.6. The minimum Gasteiger partial charge on any atom is -0.378 e. The van der Waals surface area contributed by atoms with Gasteiger partial charge in [-0.25, -0.2) is 0 Å². The Morgan fingerprint density at radius 1 is 0.929 bits per heavy atom. The van der Waals surface area contributed by atoms with Crippen LogP contribution in [0.4, 0.5) is 5.69 Å². The second-order valence-electron chi connectivity index (χ2n) is 7.99. The lowest BCUT2D eigenvalue weighted by Crippen LogP contribution is -2.53. The number of hydrogen-bond acceptors (Lipinski definition) is 5. The van der Waals surface area contributed by atoms with Gasteiger partial charge in [0, 0.05) is 51.0 Å². The maximum atomic E-state index is 13.0. The maximum absolute atomic E-state index is 13.0. The van der Waals surface area contributed by atoms with Crippen molar-refractivity contribution < 1.29 is 14.3 Å². The molecule has 0 spiro atoms. The lowest BCUT2D eigenvalue weighted by molar-refractivity contribution is -0.137. The molecule has 2 amide bonds. The summed E-state index contributed by atoms with van der Waals surface area (Å²) in [5, 5.41) is 0. The summed E-state index contributed by atoms with van der Waals surface area (Å²) < 4.78 is 5.31. The molecule has 1 aromatic rings. The predicted octanol–water partition coefficient (Wildman–Crippen LogP) is 0.441. The van der Waals surface area contributed by atoms with Crippen molar-refractivity contribution in [3.8, 4) is 0 Å². The highest BCUT2D eigenvalue weighted by atomic mass is 16.5. The van der Waals surface area contributed by atoms with Gasteiger partial charge in [-0.2, -0.15) is 0 Å². The van der Waals surface area contributed by atoms with Crippen molar-refractivity contribution in [1.29, 1.82) is 0 Å². The van der Waals surface area contributed by atoms with Crippen LogP contribution in [0, 0.1) is 0 Å². The Labute approximate surface area is 166 Å². The molecule has 4 rings (SSSR count). The van der Waals surface area contributed by atoms with Gasteiger partial charge in [0.15, 0.2) is 0 Å². The van der Waals surface area contributed by atoms with Crippen molar-refractivity contribution in [3.05, 3.63) is 29.8 Å². The van der Waals surface area contributed by atoms with Crippen LogP contribution in [-0.2, 0) is 20.7 Å². The van der Waals surface area contributed by atoms with Crippen molar-refractivity contribution >= 4 is 17.5 Å². The molecular formula is C21H30N4O3. The number of ether oxygens (including phenoxy) is 1. The molecule has 0 aliphatic carbocycles. The number of piperazine rings is 1. The van der Waals surface area contributed by atoms with Gasteiger partial charge in [0.2, 0.25) is 11.8 Å². The predicted molar refractivity (Wildman–Crippen MR) is 107 cm³/mol. The first-order chi connectivity index (χ1) is 13.6. The fourth-order valence-electron chi connectivity index (χ4n) is 4.42. The number of benzene rings is 1. The monoisotopic (exact) mass is 386 g/mol. The number of anilines is 1. The molecule has 3 aliphatic heterocycles. The number of carbonyl (C=O) groups is 2. The SMILES string of the molecule is CC1Cc2ccccc2N1C(=O)CN1CCN(CC(=O)N2CCOCC2)CC1. The number of morpholine rings is 1. The number of para-hydroxylation sites is 1. The zero-order chi connectivity index (χ0) is 19.5. The van der Waals surface area contributed by atoms with E-state index in [1.165, 1.54) is 5.56 Å². The summed E-state index contributed by atoms with van der Waals surface area (Å²) in [7, 11) is 0. The molecule has 0 bridgehead atoms. The normalized spacial score (nSPS) is 23.7. The Balaban J connectivity index is 1.25. The third-order valence-corrected chi connectivity index (χ3v) is 6.02. The van der Waals surface area contributed by atoms with E-state index in [-0.39, 0.29) is 17.9 Å². The zero-order valence-electron chi connectivity index (χ0n) is 16.7. The summed E-state index contributed by atoms with van der Waals surface area (Å²) >= 11 is 0. The van der Waals surface area contributed by atoms with Crippen LogP contribution in [0.15, 0.2) is 24.3 Å². The average molecular weight is 386 g/mol. The molecule has 2 fully saturated rings. The highest BCUT2D eigenvalue weighted by molar-refractivity contribution is 5.97. The summed E-state index contributed by atoms with van der Waals surface area (Å²) in [5.74, 6) is 0.366. The molecule has 0 N–H and O–H groups in total. The maximum Gasteiger partial charge on any atom is 0.241 e. The zero-order valence-corrected chi connectivity index (χ0v) is 16.7. The van der Waals surface area contributed by atoms with Crippen LogP contribution < -0.4 is 4.90 Å². The molecule has 28 heavy (non-hydrogen) atoms. The second-order valence-corrected chi connectivity index (χ2v) is 7.99. The first-order valence-corrected chi connectivity index (χ1v) is 10.3. The summed E-state index contributed by atoms with van der Waals surface area (Å²) in [6.45, 7) is 9.02. The van der Waals surface area contributed by atoms with Crippen molar-refractivity contribution in [1.82, 2.24) is 14.7 Å².